The second-order valence-corrected chi connectivity index (χ2v) is 5.11. The Labute approximate surface area is 108 Å². The average molecular weight is 247 g/mol. The minimum Gasteiger partial charge on any atom is -0.480 e. The summed E-state index contributed by atoms with van der Waals surface area (Å²) < 4.78 is 0. The average Bonchev–Trinajstić information content (AvgIpc) is 2.40. The Morgan fingerprint density at radius 3 is 2.72 bits per heavy atom. The van der Waals surface area contributed by atoms with Crippen LogP contribution in [-0.2, 0) is 11.3 Å². The van der Waals surface area contributed by atoms with Crippen molar-refractivity contribution in [2.45, 2.75) is 38.8 Å². The molecule has 0 bridgehead atoms. The van der Waals surface area contributed by atoms with E-state index in [-0.39, 0.29) is 6.04 Å². The molecule has 3 heteroatoms. The van der Waals surface area contributed by atoms with Crippen LogP contribution in [-0.4, -0.2) is 28.6 Å². The number of carbonyl (C=O) groups is 1. The van der Waals surface area contributed by atoms with E-state index < -0.39 is 5.97 Å². The monoisotopic (exact) mass is 247 g/mol. The van der Waals surface area contributed by atoms with Gasteiger partial charge in [0, 0.05) is 6.54 Å². The molecule has 0 spiro atoms. The van der Waals surface area contributed by atoms with Crippen LogP contribution in [0.2, 0.25) is 0 Å². The number of hydrogen-bond donors (Lipinski definition) is 1. The van der Waals surface area contributed by atoms with Gasteiger partial charge in [0.1, 0.15) is 6.04 Å². The maximum Gasteiger partial charge on any atom is 0.320 e. The van der Waals surface area contributed by atoms with Crippen molar-refractivity contribution in [3.63, 3.8) is 0 Å². The second-order valence-electron chi connectivity index (χ2n) is 5.11. The van der Waals surface area contributed by atoms with Crippen LogP contribution in [0.3, 0.4) is 0 Å². The summed E-state index contributed by atoms with van der Waals surface area (Å²) in [5, 5.41) is 9.36. The van der Waals surface area contributed by atoms with Crippen molar-refractivity contribution in [1.29, 1.82) is 0 Å². The molecular formula is C15H21NO2. The van der Waals surface area contributed by atoms with E-state index in [1.165, 1.54) is 5.56 Å². The number of aliphatic carboxylic acids is 1. The van der Waals surface area contributed by atoms with Gasteiger partial charge in [-0.2, -0.15) is 0 Å². The van der Waals surface area contributed by atoms with Crippen LogP contribution in [0.1, 0.15) is 31.7 Å². The van der Waals surface area contributed by atoms with Crippen molar-refractivity contribution >= 4 is 5.97 Å². The molecule has 1 aromatic carbocycles. The zero-order valence-corrected chi connectivity index (χ0v) is 10.9. The van der Waals surface area contributed by atoms with Gasteiger partial charge in [-0.05, 0) is 30.9 Å². The Bertz CT molecular complexity index is 391. The highest BCUT2D eigenvalue weighted by Gasteiger charge is 2.32. The van der Waals surface area contributed by atoms with Gasteiger partial charge < -0.3 is 5.11 Å². The van der Waals surface area contributed by atoms with Crippen LogP contribution in [0.5, 0.6) is 0 Å². The molecule has 2 unspecified atom stereocenters. The van der Waals surface area contributed by atoms with Crippen molar-refractivity contribution in [2.24, 2.45) is 5.92 Å². The van der Waals surface area contributed by atoms with Crippen molar-refractivity contribution in [2.75, 3.05) is 6.54 Å². The molecule has 0 aromatic heterocycles. The van der Waals surface area contributed by atoms with Gasteiger partial charge in [-0.25, -0.2) is 0 Å². The summed E-state index contributed by atoms with van der Waals surface area (Å²) in [4.78, 5) is 13.5. The fraction of sp³-hybridized carbons (Fsp3) is 0.533. The first kappa shape index (κ1) is 13.1. The fourth-order valence-corrected chi connectivity index (χ4v) is 2.72. The van der Waals surface area contributed by atoms with E-state index in [0.29, 0.717) is 5.92 Å². The molecule has 3 nitrogen and oxygen atoms in total. The molecule has 98 valence electrons. The van der Waals surface area contributed by atoms with Crippen LogP contribution >= 0.6 is 0 Å². The largest absolute Gasteiger partial charge is 0.480 e. The summed E-state index contributed by atoms with van der Waals surface area (Å²) in [5.41, 5.74) is 1.19. The number of likely N-dealkylation sites (tertiary alicyclic amines) is 1. The number of piperidine rings is 1. The van der Waals surface area contributed by atoms with Crippen LogP contribution in [0.15, 0.2) is 30.3 Å². The van der Waals surface area contributed by atoms with Crippen molar-refractivity contribution in [3.05, 3.63) is 35.9 Å². The molecule has 0 aliphatic carbocycles. The summed E-state index contributed by atoms with van der Waals surface area (Å²) in [7, 11) is 0. The molecule has 0 radical (unpaired) electrons. The van der Waals surface area contributed by atoms with Gasteiger partial charge in [0.15, 0.2) is 0 Å². The van der Waals surface area contributed by atoms with E-state index in [9.17, 15) is 9.90 Å². The molecular weight excluding hydrogens is 226 g/mol. The highest BCUT2D eigenvalue weighted by atomic mass is 16.4. The SMILES string of the molecule is CCC1CCN(Cc2ccccc2)C(C(=O)O)C1. The molecule has 1 fully saturated rings. The summed E-state index contributed by atoms with van der Waals surface area (Å²) in [6.45, 7) is 3.79. The van der Waals surface area contributed by atoms with Crippen molar-refractivity contribution in [1.82, 2.24) is 4.90 Å². The number of carboxylic acid groups (broad SMARTS) is 1. The first-order chi connectivity index (χ1) is 8.70. The number of benzene rings is 1. The molecule has 1 saturated heterocycles. The second kappa shape index (κ2) is 6.01. The third-order valence-corrected chi connectivity index (χ3v) is 3.91. The Balaban J connectivity index is 2.04. The standard InChI is InChI=1S/C15H21NO2/c1-2-12-8-9-16(14(10-12)15(17)18)11-13-6-4-3-5-7-13/h3-7,12,14H,2,8-11H2,1H3,(H,17,18). The smallest absolute Gasteiger partial charge is 0.320 e. The van der Waals surface area contributed by atoms with E-state index in [4.69, 9.17) is 0 Å². The van der Waals surface area contributed by atoms with Crippen molar-refractivity contribution < 1.29 is 9.90 Å². The van der Waals surface area contributed by atoms with Gasteiger partial charge in [-0.3, -0.25) is 9.69 Å². The zero-order chi connectivity index (χ0) is 13.0. The van der Waals surface area contributed by atoms with Gasteiger partial charge in [0.05, 0.1) is 0 Å². The van der Waals surface area contributed by atoms with E-state index >= 15 is 0 Å². The number of nitrogens with zero attached hydrogens (tertiary/aromatic N) is 1. The van der Waals surface area contributed by atoms with Crippen LogP contribution in [0, 0.1) is 5.92 Å². The molecule has 2 rings (SSSR count). The molecule has 1 aromatic rings. The summed E-state index contributed by atoms with van der Waals surface area (Å²) in [6, 6.07) is 9.80. The molecule has 1 heterocycles. The highest BCUT2D eigenvalue weighted by Crippen LogP contribution is 2.26. The Morgan fingerprint density at radius 1 is 1.39 bits per heavy atom. The Morgan fingerprint density at radius 2 is 2.11 bits per heavy atom. The maximum atomic E-state index is 11.4. The zero-order valence-electron chi connectivity index (χ0n) is 10.9. The topological polar surface area (TPSA) is 40.5 Å². The van der Waals surface area contributed by atoms with E-state index in [1.54, 1.807) is 0 Å². The van der Waals surface area contributed by atoms with Crippen LogP contribution in [0.25, 0.3) is 0 Å². The van der Waals surface area contributed by atoms with Gasteiger partial charge >= 0.3 is 5.97 Å². The molecule has 1 N–H and O–H groups in total. The molecule has 0 amide bonds. The predicted molar refractivity (Wildman–Crippen MR) is 71.3 cm³/mol. The van der Waals surface area contributed by atoms with Crippen LogP contribution < -0.4 is 0 Å². The minimum atomic E-state index is -0.677. The third kappa shape index (κ3) is 3.10. The molecule has 2 atom stereocenters. The number of rotatable bonds is 4. The summed E-state index contributed by atoms with van der Waals surface area (Å²) >= 11 is 0. The maximum absolute atomic E-state index is 11.4. The first-order valence-corrected chi connectivity index (χ1v) is 6.71. The molecule has 1 aliphatic heterocycles. The Kier molecular flexibility index (Phi) is 4.37. The lowest BCUT2D eigenvalue weighted by atomic mass is 9.88. The summed E-state index contributed by atoms with van der Waals surface area (Å²) in [5.74, 6) is -0.109. The molecule has 1 aliphatic rings. The molecule has 18 heavy (non-hydrogen) atoms. The third-order valence-electron chi connectivity index (χ3n) is 3.91. The number of carboxylic acids is 1. The first-order valence-electron chi connectivity index (χ1n) is 6.71. The van der Waals surface area contributed by atoms with Gasteiger partial charge in [-0.15, -0.1) is 0 Å². The molecule has 0 saturated carbocycles. The normalized spacial score (nSPS) is 24.9. The van der Waals surface area contributed by atoms with E-state index in [2.05, 4.69) is 24.0 Å². The van der Waals surface area contributed by atoms with E-state index in [0.717, 1.165) is 32.4 Å². The number of hydrogen-bond acceptors (Lipinski definition) is 2. The highest BCUT2D eigenvalue weighted by molar-refractivity contribution is 5.73. The quantitative estimate of drug-likeness (QED) is 0.889. The lowest BCUT2D eigenvalue weighted by molar-refractivity contribution is -0.145. The lowest BCUT2D eigenvalue weighted by Crippen LogP contribution is -2.46. The lowest BCUT2D eigenvalue weighted by Gasteiger charge is -2.36. The predicted octanol–water partition coefficient (Wildman–Crippen LogP) is 2.76. The Hall–Kier alpha value is -1.35. The fourth-order valence-electron chi connectivity index (χ4n) is 2.72. The van der Waals surface area contributed by atoms with Gasteiger partial charge in [0.2, 0.25) is 0 Å². The van der Waals surface area contributed by atoms with Gasteiger partial charge in [-0.1, -0.05) is 43.7 Å². The van der Waals surface area contributed by atoms with Gasteiger partial charge in [0.25, 0.3) is 0 Å². The van der Waals surface area contributed by atoms with Crippen LogP contribution in [0.4, 0.5) is 0 Å². The van der Waals surface area contributed by atoms with Crippen molar-refractivity contribution in [3.8, 4) is 0 Å². The van der Waals surface area contributed by atoms with E-state index in [1.807, 2.05) is 18.2 Å². The summed E-state index contributed by atoms with van der Waals surface area (Å²) in [6.07, 6.45) is 2.99. The minimum absolute atomic E-state index is 0.316.